The Labute approximate surface area is 172 Å². The summed E-state index contributed by atoms with van der Waals surface area (Å²) in [6.45, 7) is 3.91. The molecule has 156 valence electrons. The zero-order chi connectivity index (χ0) is 20.4. The third-order valence-corrected chi connectivity index (χ3v) is 6.65. The van der Waals surface area contributed by atoms with Gasteiger partial charge in [0.15, 0.2) is 0 Å². The zero-order valence-corrected chi connectivity index (χ0v) is 17.3. The maximum atomic E-state index is 13.7. The molecule has 2 saturated carbocycles. The maximum Gasteiger partial charge on any atom is 0.312 e. The van der Waals surface area contributed by atoms with E-state index >= 15 is 0 Å². The molecule has 1 aromatic rings. The molecule has 3 aliphatic rings. The van der Waals surface area contributed by atoms with E-state index in [9.17, 15) is 14.4 Å². The number of nitrogens with zero attached hydrogens (tertiary/aromatic N) is 2. The summed E-state index contributed by atoms with van der Waals surface area (Å²) in [5.41, 5.74) is 1.86. The van der Waals surface area contributed by atoms with Crippen molar-refractivity contribution in [1.29, 1.82) is 0 Å². The monoisotopic (exact) mass is 397 g/mol. The van der Waals surface area contributed by atoms with Crippen LogP contribution in [0.5, 0.6) is 0 Å². The summed E-state index contributed by atoms with van der Waals surface area (Å²) >= 11 is 0. The number of rotatable bonds is 3. The van der Waals surface area contributed by atoms with Gasteiger partial charge in [-0.15, -0.1) is 0 Å². The fraction of sp³-hybridized carbons (Fsp3) is 0.609. The van der Waals surface area contributed by atoms with Crippen LogP contribution in [-0.2, 0) is 19.8 Å². The molecule has 0 atom stereocenters. The second-order valence-electron chi connectivity index (χ2n) is 8.84. The number of benzene rings is 1. The van der Waals surface area contributed by atoms with Gasteiger partial charge < -0.3 is 15.1 Å². The van der Waals surface area contributed by atoms with Crippen LogP contribution >= 0.6 is 0 Å². The molecule has 29 heavy (non-hydrogen) atoms. The standard InChI is InChI=1S/C23H31N3O3/c1-17-6-5-7-18(16-17)23(10-3-2-4-11-23)22(29)26-14-12-25(13-15-26)21(28)20(27)24-19-8-9-19/h5-7,16,19H,2-4,8-15H2,1H3,(H,24,27). The van der Waals surface area contributed by atoms with Crippen molar-refractivity contribution in [2.24, 2.45) is 0 Å². The van der Waals surface area contributed by atoms with Crippen molar-refractivity contribution in [2.45, 2.75) is 63.3 Å². The van der Waals surface area contributed by atoms with E-state index in [1.54, 1.807) is 4.90 Å². The number of carbonyl (C=O) groups is 3. The lowest BCUT2D eigenvalue weighted by atomic mass is 9.68. The van der Waals surface area contributed by atoms with Gasteiger partial charge in [0.1, 0.15) is 0 Å². The number of hydrogen-bond acceptors (Lipinski definition) is 3. The lowest BCUT2D eigenvalue weighted by Gasteiger charge is -2.43. The minimum atomic E-state index is -0.504. The molecule has 4 rings (SSSR count). The summed E-state index contributed by atoms with van der Waals surface area (Å²) in [6, 6.07) is 8.55. The number of amides is 3. The van der Waals surface area contributed by atoms with Crippen molar-refractivity contribution >= 4 is 17.7 Å². The Balaban J connectivity index is 1.44. The van der Waals surface area contributed by atoms with E-state index in [-0.39, 0.29) is 11.9 Å². The van der Waals surface area contributed by atoms with Gasteiger partial charge in [0, 0.05) is 32.2 Å². The highest BCUT2D eigenvalue weighted by Gasteiger charge is 2.44. The van der Waals surface area contributed by atoms with Crippen LogP contribution in [0.1, 0.15) is 56.1 Å². The SMILES string of the molecule is Cc1cccc(C2(C(=O)N3CCN(C(=O)C(=O)NC4CC4)CC3)CCCCC2)c1. The van der Waals surface area contributed by atoms with E-state index in [1.165, 1.54) is 12.0 Å². The molecular formula is C23H31N3O3. The first-order valence-electron chi connectivity index (χ1n) is 11.0. The molecule has 3 fully saturated rings. The van der Waals surface area contributed by atoms with Crippen molar-refractivity contribution in [1.82, 2.24) is 15.1 Å². The molecule has 3 amide bonds. The Bertz CT molecular complexity index is 788. The molecule has 1 N–H and O–H groups in total. The first kappa shape index (κ1) is 19.9. The van der Waals surface area contributed by atoms with Crippen LogP contribution in [0, 0.1) is 6.92 Å². The predicted molar refractivity (Wildman–Crippen MR) is 110 cm³/mol. The quantitative estimate of drug-likeness (QED) is 0.795. The van der Waals surface area contributed by atoms with E-state index in [1.807, 2.05) is 11.0 Å². The summed E-state index contributed by atoms with van der Waals surface area (Å²) < 4.78 is 0. The van der Waals surface area contributed by atoms with Crippen LogP contribution in [0.25, 0.3) is 0 Å². The molecule has 1 aromatic carbocycles. The van der Waals surface area contributed by atoms with E-state index in [2.05, 4.69) is 30.4 Å². The normalized spacial score (nSPS) is 21.6. The summed E-state index contributed by atoms with van der Waals surface area (Å²) in [5, 5.41) is 2.76. The minimum Gasteiger partial charge on any atom is -0.345 e. The highest BCUT2D eigenvalue weighted by Crippen LogP contribution is 2.41. The molecule has 0 aromatic heterocycles. The van der Waals surface area contributed by atoms with E-state index in [0.717, 1.165) is 44.1 Å². The molecular weight excluding hydrogens is 366 g/mol. The van der Waals surface area contributed by atoms with E-state index in [0.29, 0.717) is 26.2 Å². The second kappa shape index (κ2) is 8.17. The van der Waals surface area contributed by atoms with Crippen molar-refractivity contribution in [3.63, 3.8) is 0 Å². The van der Waals surface area contributed by atoms with E-state index < -0.39 is 17.2 Å². The zero-order valence-electron chi connectivity index (χ0n) is 17.3. The summed E-state index contributed by atoms with van der Waals surface area (Å²) in [5.74, 6) is -0.775. The van der Waals surface area contributed by atoms with Gasteiger partial charge in [0.2, 0.25) is 5.91 Å². The summed E-state index contributed by atoms with van der Waals surface area (Å²) in [4.78, 5) is 41.6. The first-order chi connectivity index (χ1) is 14.0. The van der Waals surface area contributed by atoms with Gasteiger partial charge in [-0.25, -0.2) is 0 Å². The summed E-state index contributed by atoms with van der Waals surface area (Å²) in [7, 11) is 0. The molecule has 0 radical (unpaired) electrons. The molecule has 0 bridgehead atoms. The molecule has 0 spiro atoms. The smallest absolute Gasteiger partial charge is 0.312 e. The van der Waals surface area contributed by atoms with E-state index in [4.69, 9.17) is 0 Å². The predicted octanol–water partition coefficient (Wildman–Crippen LogP) is 2.15. The number of carbonyl (C=O) groups excluding carboxylic acids is 3. The van der Waals surface area contributed by atoms with Gasteiger partial charge in [-0.1, -0.05) is 49.1 Å². The number of aryl methyl sites for hydroxylation is 1. The molecule has 6 heteroatoms. The Morgan fingerprint density at radius 1 is 0.966 bits per heavy atom. The van der Waals surface area contributed by atoms with Crippen molar-refractivity contribution in [3.8, 4) is 0 Å². The molecule has 1 aliphatic heterocycles. The third kappa shape index (κ3) is 4.16. The minimum absolute atomic E-state index is 0.176. The molecule has 1 saturated heterocycles. The fourth-order valence-corrected chi connectivity index (χ4v) is 4.76. The van der Waals surface area contributed by atoms with Crippen LogP contribution in [0.2, 0.25) is 0 Å². The van der Waals surface area contributed by atoms with Crippen molar-refractivity contribution in [3.05, 3.63) is 35.4 Å². The second-order valence-corrected chi connectivity index (χ2v) is 8.84. The third-order valence-electron chi connectivity index (χ3n) is 6.65. The summed E-state index contributed by atoms with van der Waals surface area (Å²) in [6.07, 6.45) is 7.01. The molecule has 6 nitrogen and oxygen atoms in total. The molecule has 1 heterocycles. The average Bonchev–Trinajstić information content (AvgIpc) is 3.57. The van der Waals surface area contributed by atoms with Gasteiger partial charge in [0.25, 0.3) is 0 Å². The van der Waals surface area contributed by atoms with Gasteiger partial charge in [-0.3, -0.25) is 14.4 Å². The average molecular weight is 398 g/mol. The van der Waals surface area contributed by atoms with Crippen LogP contribution in [-0.4, -0.2) is 59.7 Å². The Morgan fingerprint density at radius 3 is 2.24 bits per heavy atom. The van der Waals surface area contributed by atoms with Crippen molar-refractivity contribution < 1.29 is 14.4 Å². The van der Waals surface area contributed by atoms with Crippen LogP contribution in [0.3, 0.4) is 0 Å². The lowest BCUT2D eigenvalue weighted by molar-refractivity contribution is -0.149. The Morgan fingerprint density at radius 2 is 1.62 bits per heavy atom. The van der Waals surface area contributed by atoms with Crippen LogP contribution in [0.15, 0.2) is 24.3 Å². The maximum absolute atomic E-state index is 13.7. The number of nitrogens with one attached hydrogen (secondary N) is 1. The largest absolute Gasteiger partial charge is 0.345 e. The molecule has 0 unspecified atom stereocenters. The van der Waals surface area contributed by atoms with Crippen molar-refractivity contribution in [2.75, 3.05) is 26.2 Å². The Hall–Kier alpha value is -2.37. The first-order valence-corrected chi connectivity index (χ1v) is 11.0. The van der Waals surface area contributed by atoms with Gasteiger partial charge in [0.05, 0.1) is 5.41 Å². The molecule has 2 aliphatic carbocycles. The highest BCUT2D eigenvalue weighted by molar-refractivity contribution is 6.35. The number of piperazine rings is 1. The fourth-order valence-electron chi connectivity index (χ4n) is 4.76. The van der Waals surface area contributed by atoms with Gasteiger partial charge >= 0.3 is 11.8 Å². The number of hydrogen-bond donors (Lipinski definition) is 1. The van der Waals surface area contributed by atoms with Gasteiger partial charge in [-0.05, 0) is 38.2 Å². The Kier molecular flexibility index (Phi) is 5.61. The van der Waals surface area contributed by atoms with Gasteiger partial charge in [-0.2, -0.15) is 0 Å². The topological polar surface area (TPSA) is 69.7 Å². The highest BCUT2D eigenvalue weighted by atomic mass is 16.2. The van der Waals surface area contributed by atoms with Crippen LogP contribution in [0.4, 0.5) is 0 Å². The lowest BCUT2D eigenvalue weighted by Crippen LogP contribution is -2.57. The van der Waals surface area contributed by atoms with Crippen LogP contribution < -0.4 is 5.32 Å².